The minimum absolute atomic E-state index is 0. The molecular weight excluding hydrogens is 484 g/mol. The first-order chi connectivity index (χ1) is 18.7. The van der Waals surface area contributed by atoms with Gasteiger partial charge >= 0.3 is 0 Å². The van der Waals surface area contributed by atoms with Gasteiger partial charge in [0.2, 0.25) is 0 Å². The second-order valence-electron chi connectivity index (χ2n) is 8.41. The first kappa shape index (κ1) is 33.4. The summed E-state index contributed by atoms with van der Waals surface area (Å²) < 4.78 is 20.3. The van der Waals surface area contributed by atoms with Crippen molar-refractivity contribution in [2.24, 2.45) is 0 Å². The zero-order valence-electron chi connectivity index (χ0n) is 23.3. The third-order valence-corrected chi connectivity index (χ3v) is 5.66. The predicted molar refractivity (Wildman–Crippen MR) is 165 cm³/mol. The summed E-state index contributed by atoms with van der Waals surface area (Å²) in [6.07, 6.45) is 2.21. The maximum absolute atomic E-state index is 5.32. The Kier molecular flexibility index (Phi) is 18.3. The molecule has 0 radical (unpaired) electrons. The van der Waals surface area contributed by atoms with Crippen LogP contribution in [0, 0.1) is 0 Å². The Morgan fingerprint density at radius 3 is 1.05 bits per heavy atom. The molecule has 0 fully saturated rings. The van der Waals surface area contributed by atoms with E-state index < -0.39 is 0 Å². The normalized spacial score (nSPS) is 9.64. The van der Waals surface area contributed by atoms with Crippen LogP contribution in [0.4, 0.5) is 0 Å². The molecule has 0 aliphatic heterocycles. The van der Waals surface area contributed by atoms with Crippen LogP contribution in [0.3, 0.4) is 0 Å². The lowest BCUT2D eigenvalue weighted by Gasteiger charge is -2.04. The third kappa shape index (κ3) is 14.2. The summed E-state index contributed by atoms with van der Waals surface area (Å²) in [6.45, 7) is 6.86. The lowest BCUT2D eigenvalue weighted by molar-refractivity contribution is 0.146. The topological polar surface area (TPSA) is 36.9 Å². The lowest BCUT2D eigenvalue weighted by atomic mass is 10.0. The fourth-order valence-electron chi connectivity index (χ4n) is 3.38. The Bertz CT molecular complexity index is 988. The van der Waals surface area contributed by atoms with Crippen molar-refractivity contribution in [2.45, 2.75) is 34.1 Å². The molecule has 4 nitrogen and oxygen atoms in total. The predicted octanol–water partition coefficient (Wildman–Crippen LogP) is 8.54. The molecule has 0 aromatic heterocycles. The summed E-state index contributed by atoms with van der Waals surface area (Å²) in [4.78, 5) is 0. The van der Waals surface area contributed by atoms with Crippen LogP contribution in [0.2, 0.25) is 0 Å². The molecule has 210 valence electrons. The summed E-state index contributed by atoms with van der Waals surface area (Å²) in [7, 11) is 3.32. The molecule has 4 rings (SSSR count). The average molecular weight is 531 g/mol. The Hall–Kier alpha value is -3.60. The van der Waals surface area contributed by atoms with Crippen LogP contribution in [0.5, 0.6) is 11.5 Å². The van der Waals surface area contributed by atoms with Crippen molar-refractivity contribution in [3.8, 4) is 22.6 Å². The van der Waals surface area contributed by atoms with Gasteiger partial charge in [0.1, 0.15) is 24.7 Å². The molecule has 0 saturated heterocycles. The van der Waals surface area contributed by atoms with Crippen molar-refractivity contribution in [1.29, 1.82) is 0 Å². The molecule has 0 aliphatic rings. The van der Waals surface area contributed by atoms with Crippen LogP contribution in [0.1, 0.15) is 32.4 Å². The molecule has 0 atom stereocenters. The minimum atomic E-state index is 0. The molecule has 4 aromatic carbocycles. The summed E-state index contributed by atoms with van der Waals surface area (Å²) in [5, 5.41) is 0. The summed E-state index contributed by atoms with van der Waals surface area (Å²) in [5.41, 5.74) is 5.41. The van der Waals surface area contributed by atoms with Gasteiger partial charge < -0.3 is 18.9 Å². The van der Waals surface area contributed by atoms with E-state index in [4.69, 9.17) is 18.9 Å². The molecular formula is C35H46O4. The van der Waals surface area contributed by atoms with E-state index >= 15 is 0 Å². The highest BCUT2D eigenvalue weighted by molar-refractivity contribution is 5.63. The van der Waals surface area contributed by atoms with Gasteiger partial charge in [-0.2, -0.15) is 0 Å². The number of methoxy groups -OCH3 is 2. The van der Waals surface area contributed by atoms with Crippen LogP contribution >= 0.6 is 0 Å². The van der Waals surface area contributed by atoms with Crippen LogP contribution in [0.25, 0.3) is 11.1 Å². The monoisotopic (exact) mass is 530 g/mol. The Morgan fingerprint density at radius 2 is 0.769 bits per heavy atom. The van der Waals surface area contributed by atoms with Gasteiger partial charge in [-0.3, -0.25) is 0 Å². The van der Waals surface area contributed by atoms with Crippen molar-refractivity contribution in [1.82, 2.24) is 0 Å². The van der Waals surface area contributed by atoms with E-state index in [-0.39, 0.29) is 7.43 Å². The van der Waals surface area contributed by atoms with Crippen molar-refractivity contribution in [3.05, 3.63) is 120 Å². The highest BCUT2D eigenvalue weighted by atomic mass is 16.5. The molecule has 0 spiro atoms. The maximum atomic E-state index is 5.32. The number of hydrogen-bond donors (Lipinski definition) is 0. The van der Waals surface area contributed by atoms with Gasteiger partial charge in [0.05, 0.1) is 13.2 Å². The standard InChI is InChI=1S/C16H18.2C9H12O2.CH4/c1-3-13-5-9-15(10-6-13)16-11-7-14(4-2)8-12-16;2*1-10-7-8-11-9-5-3-2-4-6-9;/h5-12H,3-4H2,1-2H3;2*2-6H,7-8H2,1H3;1H4. The summed E-state index contributed by atoms with van der Waals surface area (Å²) in [6, 6.07) is 37.1. The number of aryl methyl sites for hydroxylation is 2. The van der Waals surface area contributed by atoms with E-state index in [1.54, 1.807) is 14.2 Å². The highest BCUT2D eigenvalue weighted by Crippen LogP contribution is 2.20. The van der Waals surface area contributed by atoms with Crippen molar-refractivity contribution >= 4 is 0 Å². The Balaban J connectivity index is 0.000000297. The van der Waals surface area contributed by atoms with Gasteiger partial charge in [-0.1, -0.05) is 106 Å². The summed E-state index contributed by atoms with van der Waals surface area (Å²) >= 11 is 0. The van der Waals surface area contributed by atoms with E-state index in [9.17, 15) is 0 Å². The summed E-state index contributed by atoms with van der Waals surface area (Å²) in [5.74, 6) is 1.79. The van der Waals surface area contributed by atoms with E-state index in [1.807, 2.05) is 60.7 Å². The first-order valence-corrected chi connectivity index (χ1v) is 13.2. The average Bonchev–Trinajstić information content (AvgIpc) is 2.99. The lowest BCUT2D eigenvalue weighted by Crippen LogP contribution is -2.03. The smallest absolute Gasteiger partial charge is 0.119 e. The first-order valence-electron chi connectivity index (χ1n) is 13.2. The molecule has 0 bridgehead atoms. The largest absolute Gasteiger partial charge is 0.491 e. The molecule has 0 saturated carbocycles. The highest BCUT2D eigenvalue weighted by Gasteiger charge is 1.97. The van der Waals surface area contributed by atoms with E-state index in [0.29, 0.717) is 26.4 Å². The van der Waals surface area contributed by atoms with Crippen molar-refractivity contribution < 1.29 is 18.9 Å². The SMILES string of the molecule is C.CCc1ccc(-c2ccc(CC)cc2)cc1.COCCOc1ccccc1.COCCOc1ccccc1. The molecule has 0 aliphatic carbocycles. The van der Waals surface area contributed by atoms with Crippen LogP contribution in [0.15, 0.2) is 109 Å². The zero-order valence-corrected chi connectivity index (χ0v) is 23.3. The number of ether oxygens (including phenoxy) is 4. The van der Waals surface area contributed by atoms with Gasteiger partial charge in [0, 0.05) is 14.2 Å². The molecule has 4 heteroatoms. The van der Waals surface area contributed by atoms with Crippen LogP contribution < -0.4 is 9.47 Å². The number of rotatable bonds is 11. The van der Waals surface area contributed by atoms with Gasteiger partial charge in [-0.05, 0) is 59.4 Å². The van der Waals surface area contributed by atoms with Crippen molar-refractivity contribution in [3.63, 3.8) is 0 Å². The number of benzene rings is 4. The van der Waals surface area contributed by atoms with Crippen LogP contribution in [-0.4, -0.2) is 40.6 Å². The van der Waals surface area contributed by atoms with Gasteiger partial charge in [0.25, 0.3) is 0 Å². The third-order valence-electron chi connectivity index (χ3n) is 5.66. The van der Waals surface area contributed by atoms with Crippen LogP contribution in [-0.2, 0) is 22.3 Å². The van der Waals surface area contributed by atoms with E-state index in [2.05, 4.69) is 62.4 Å². The fourth-order valence-corrected chi connectivity index (χ4v) is 3.38. The second kappa shape index (κ2) is 21.3. The molecule has 0 heterocycles. The van der Waals surface area contributed by atoms with Gasteiger partial charge in [0.15, 0.2) is 0 Å². The fraction of sp³-hybridized carbons (Fsp3) is 0.314. The minimum Gasteiger partial charge on any atom is -0.491 e. The maximum Gasteiger partial charge on any atom is 0.119 e. The number of para-hydroxylation sites is 2. The second-order valence-corrected chi connectivity index (χ2v) is 8.41. The molecule has 0 amide bonds. The van der Waals surface area contributed by atoms with Gasteiger partial charge in [-0.15, -0.1) is 0 Å². The molecule has 0 unspecified atom stereocenters. The van der Waals surface area contributed by atoms with Gasteiger partial charge in [-0.25, -0.2) is 0 Å². The quantitative estimate of drug-likeness (QED) is 0.182. The van der Waals surface area contributed by atoms with E-state index in [1.165, 1.54) is 22.3 Å². The number of hydrogen-bond acceptors (Lipinski definition) is 4. The molecule has 0 N–H and O–H groups in total. The Morgan fingerprint density at radius 1 is 0.436 bits per heavy atom. The van der Waals surface area contributed by atoms with E-state index in [0.717, 1.165) is 24.3 Å². The zero-order chi connectivity index (χ0) is 27.3. The molecule has 39 heavy (non-hydrogen) atoms. The Labute approximate surface area is 236 Å². The molecule has 4 aromatic rings. The van der Waals surface area contributed by atoms with Crippen molar-refractivity contribution in [2.75, 3.05) is 40.6 Å².